The number of piperidine rings is 2. The zero-order valence-electron chi connectivity index (χ0n) is 17.8. The fourth-order valence-electron chi connectivity index (χ4n) is 5.56. The van der Waals surface area contributed by atoms with Crippen molar-refractivity contribution in [1.82, 2.24) is 24.2 Å². The monoisotopic (exact) mass is 412 g/mol. The van der Waals surface area contributed by atoms with E-state index in [0.29, 0.717) is 24.9 Å². The summed E-state index contributed by atoms with van der Waals surface area (Å²) in [6, 6.07) is 4.19. The van der Waals surface area contributed by atoms with Gasteiger partial charge in [-0.15, -0.1) is 0 Å². The van der Waals surface area contributed by atoms with Crippen LogP contribution in [0.1, 0.15) is 49.8 Å². The van der Waals surface area contributed by atoms with Gasteiger partial charge in [0.25, 0.3) is 5.56 Å². The number of aryl methyl sites for hydroxylation is 1. The highest BCUT2D eigenvalue weighted by atomic mass is 16.3. The number of likely N-dealkylation sites (tertiary alicyclic amines) is 1. The molecule has 3 aliphatic heterocycles. The van der Waals surface area contributed by atoms with Crippen molar-refractivity contribution in [3.05, 3.63) is 40.1 Å². The molecule has 0 amide bonds. The van der Waals surface area contributed by atoms with E-state index in [1.54, 1.807) is 6.33 Å². The zero-order valence-corrected chi connectivity index (χ0v) is 17.8. The van der Waals surface area contributed by atoms with E-state index in [9.17, 15) is 9.90 Å². The van der Waals surface area contributed by atoms with Gasteiger partial charge in [0.1, 0.15) is 6.33 Å². The predicted molar refractivity (Wildman–Crippen MR) is 115 cm³/mol. The summed E-state index contributed by atoms with van der Waals surface area (Å²) in [6.07, 6.45) is 5.42. The van der Waals surface area contributed by atoms with Crippen LogP contribution in [0.5, 0.6) is 0 Å². The maximum absolute atomic E-state index is 13.3. The van der Waals surface area contributed by atoms with Gasteiger partial charge in [-0.3, -0.25) is 9.69 Å². The Bertz CT molecular complexity index is 953. The predicted octanol–water partition coefficient (Wildman–Crippen LogP) is 1.43. The average Bonchev–Trinajstić information content (AvgIpc) is 3.19. The van der Waals surface area contributed by atoms with Gasteiger partial charge in [0, 0.05) is 56.4 Å². The summed E-state index contributed by atoms with van der Waals surface area (Å²) in [4.78, 5) is 22.4. The molecule has 5 heterocycles. The SMILES string of the molecule is CCCn1ncnc1N1C[C@@H]2C[C@H](C1)c1ccc(CN3CCC[C@H](O)C3)c(=O)n1C2. The standard InChI is InChI=1S/C22H32N6O2/c1-2-7-28-22(23-15-24-28)26-10-16-9-18(13-26)20-6-5-17(21(30)27(20)11-16)12-25-8-3-4-19(29)14-25/h5-6,15-16,18-19,29H,2-4,7-14H2,1H3/t16-,18+,19-/m0/s1. The topological polar surface area (TPSA) is 79.4 Å². The molecule has 3 aliphatic rings. The van der Waals surface area contributed by atoms with E-state index >= 15 is 0 Å². The lowest BCUT2D eigenvalue weighted by atomic mass is 9.83. The summed E-state index contributed by atoms with van der Waals surface area (Å²) in [5, 5.41) is 14.3. The van der Waals surface area contributed by atoms with Crippen molar-refractivity contribution in [2.75, 3.05) is 31.1 Å². The van der Waals surface area contributed by atoms with Crippen molar-refractivity contribution in [2.24, 2.45) is 5.92 Å². The second-order valence-corrected chi connectivity index (χ2v) is 9.22. The molecule has 0 unspecified atom stereocenters. The molecule has 0 aromatic carbocycles. The Morgan fingerprint density at radius 3 is 2.93 bits per heavy atom. The summed E-state index contributed by atoms with van der Waals surface area (Å²) < 4.78 is 4.03. The molecular weight excluding hydrogens is 380 g/mol. The van der Waals surface area contributed by atoms with E-state index in [1.165, 1.54) is 0 Å². The third-order valence-corrected chi connectivity index (χ3v) is 6.87. The lowest BCUT2D eigenvalue weighted by Crippen LogP contribution is -2.48. The average molecular weight is 413 g/mol. The lowest BCUT2D eigenvalue weighted by Gasteiger charge is -2.43. The molecule has 30 heavy (non-hydrogen) atoms. The van der Waals surface area contributed by atoms with Gasteiger partial charge < -0.3 is 14.6 Å². The van der Waals surface area contributed by atoms with Crippen LogP contribution in [0, 0.1) is 5.92 Å². The largest absolute Gasteiger partial charge is 0.392 e. The van der Waals surface area contributed by atoms with Crippen LogP contribution in [0.15, 0.2) is 23.3 Å². The second-order valence-electron chi connectivity index (χ2n) is 9.22. The minimum atomic E-state index is -0.265. The Morgan fingerprint density at radius 1 is 1.20 bits per heavy atom. The number of aromatic nitrogens is 4. The Morgan fingerprint density at radius 2 is 2.10 bits per heavy atom. The quantitative estimate of drug-likeness (QED) is 0.800. The van der Waals surface area contributed by atoms with Crippen LogP contribution >= 0.6 is 0 Å². The molecule has 2 aromatic heterocycles. The third kappa shape index (κ3) is 3.67. The molecule has 1 N–H and O–H groups in total. The van der Waals surface area contributed by atoms with Crippen LogP contribution in [-0.4, -0.2) is 61.6 Å². The number of β-amino-alcohol motifs (C(OH)–C–C–N with tert-alkyl or cyclic N) is 1. The van der Waals surface area contributed by atoms with Gasteiger partial charge >= 0.3 is 0 Å². The number of fused-ring (bicyclic) bond motifs is 4. The van der Waals surface area contributed by atoms with Gasteiger partial charge in [0.2, 0.25) is 5.95 Å². The summed E-state index contributed by atoms with van der Waals surface area (Å²) in [5.74, 6) is 1.76. The van der Waals surface area contributed by atoms with Gasteiger partial charge in [0.05, 0.1) is 6.10 Å². The van der Waals surface area contributed by atoms with Crippen LogP contribution < -0.4 is 10.5 Å². The van der Waals surface area contributed by atoms with E-state index in [2.05, 4.69) is 32.9 Å². The summed E-state index contributed by atoms with van der Waals surface area (Å²) in [6.45, 7) is 7.88. The van der Waals surface area contributed by atoms with E-state index < -0.39 is 0 Å². The number of aliphatic hydroxyl groups is 1. The van der Waals surface area contributed by atoms with Crippen molar-refractivity contribution in [2.45, 2.75) is 64.3 Å². The number of pyridine rings is 1. The maximum Gasteiger partial charge on any atom is 0.255 e. The van der Waals surface area contributed by atoms with Gasteiger partial charge in [-0.2, -0.15) is 10.1 Å². The number of hydrogen-bond donors (Lipinski definition) is 1. The van der Waals surface area contributed by atoms with Crippen molar-refractivity contribution >= 4 is 5.95 Å². The summed E-state index contributed by atoms with van der Waals surface area (Å²) in [5.41, 5.74) is 2.17. The lowest BCUT2D eigenvalue weighted by molar-refractivity contribution is 0.0665. The van der Waals surface area contributed by atoms with Gasteiger partial charge in [-0.25, -0.2) is 4.68 Å². The van der Waals surface area contributed by atoms with Crippen LogP contribution in [0.3, 0.4) is 0 Å². The van der Waals surface area contributed by atoms with Gasteiger partial charge in [0.15, 0.2) is 0 Å². The minimum Gasteiger partial charge on any atom is -0.392 e. The molecule has 3 atom stereocenters. The van der Waals surface area contributed by atoms with Gasteiger partial charge in [-0.05, 0) is 44.2 Å². The third-order valence-electron chi connectivity index (χ3n) is 6.87. The Balaban J connectivity index is 1.37. The molecule has 5 rings (SSSR count). The van der Waals surface area contributed by atoms with E-state index in [0.717, 1.165) is 75.6 Å². The highest BCUT2D eigenvalue weighted by Gasteiger charge is 2.36. The molecule has 8 heteroatoms. The molecule has 8 nitrogen and oxygen atoms in total. The first-order valence-corrected chi connectivity index (χ1v) is 11.4. The van der Waals surface area contributed by atoms with Crippen LogP contribution in [-0.2, 0) is 19.6 Å². The molecule has 0 radical (unpaired) electrons. The van der Waals surface area contributed by atoms with Crippen LogP contribution in [0.2, 0.25) is 0 Å². The minimum absolute atomic E-state index is 0.157. The molecule has 2 fully saturated rings. The summed E-state index contributed by atoms with van der Waals surface area (Å²) >= 11 is 0. The zero-order chi connectivity index (χ0) is 20.7. The second kappa shape index (κ2) is 8.15. The maximum atomic E-state index is 13.3. The van der Waals surface area contributed by atoms with Gasteiger partial charge in [-0.1, -0.05) is 13.0 Å². The number of anilines is 1. The highest BCUT2D eigenvalue weighted by molar-refractivity contribution is 5.34. The molecule has 162 valence electrons. The molecular formula is C22H32N6O2. The number of aliphatic hydroxyl groups excluding tert-OH is 1. The molecule has 2 saturated heterocycles. The highest BCUT2D eigenvalue weighted by Crippen LogP contribution is 2.36. The normalized spacial score (nSPS) is 26.6. The molecule has 0 spiro atoms. The molecule has 2 bridgehead atoms. The van der Waals surface area contributed by atoms with E-state index in [-0.39, 0.29) is 11.7 Å². The Labute approximate surface area is 177 Å². The van der Waals surface area contributed by atoms with Crippen molar-refractivity contribution in [3.8, 4) is 0 Å². The number of nitrogens with zero attached hydrogens (tertiary/aromatic N) is 6. The summed E-state index contributed by atoms with van der Waals surface area (Å²) in [7, 11) is 0. The first kappa shape index (κ1) is 19.8. The smallest absolute Gasteiger partial charge is 0.255 e. The fourth-order valence-corrected chi connectivity index (χ4v) is 5.56. The van der Waals surface area contributed by atoms with Crippen LogP contribution in [0.4, 0.5) is 5.95 Å². The van der Waals surface area contributed by atoms with Crippen molar-refractivity contribution in [3.63, 3.8) is 0 Å². The van der Waals surface area contributed by atoms with E-state index in [4.69, 9.17) is 0 Å². The first-order valence-electron chi connectivity index (χ1n) is 11.4. The fraction of sp³-hybridized carbons (Fsp3) is 0.682. The Hall–Kier alpha value is -2.19. The number of rotatable bonds is 5. The van der Waals surface area contributed by atoms with Crippen molar-refractivity contribution < 1.29 is 5.11 Å². The van der Waals surface area contributed by atoms with Crippen LogP contribution in [0.25, 0.3) is 0 Å². The first-order chi connectivity index (χ1) is 14.6. The number of hydrogen-bond acceptors (Lipinski definition) is 6. The molecule has 0 aliphatic carbocycles. The Kier molecular flexibility index (Phi) is 5.37. The van der Waals surface area contributed by atoms with E-state index in [1.807, 2.05) is 15.3 Å². The molecule has 0 saturated carbocycles. The molecule has 2 aromatic rings. The van der Waals surface area contributed by atoms with Crippen molar-refractivity contribution in [1.29, 1.82) is 0 Å².